The largest absolute Gasteiger partial charge is 0.350 e. The van der Waals surface area contributed by atoms with E-state index in [-0.39, 0.29) is 17.9 Å². The summed E-state index contributed by atoms with van der Waals surface area (Å²) in [6.45, 7) is 2.13. The Balaban J connectivity index is 2.02. The molecule has 96 valence electrons. The van der Waals surface area contributed by atoms with Crippen LogP contribution in [0, 0.1) is 0 Å². The van der Waals surface area contributed by atoms with E-state index in [2.05, 4.69) is 5.32 Å². The molecule has 5 heteroatoms. The van der Waals surface area contributed by atoms with Gasteiger partial charge in [0.05, 0.1) is 12.1 Å². The van der Waals surface area contributed by atoms with E-state index in [1.54, 1.807) is 11.8 Å². The molecule has 0 saturated carbocycles. The predicted octanol–water partition coefficient (Wildman–Crippen LogP) is 0.255. The van der Waals surface area contributed by atoms with Crippen molar-refractivity contribution in [1.29, 1.82) is 0 Å². The lowest BCUT2D eigenvalue weighted by molar-refractivity contribution is -0.122. The molecule has 1 aromatic rings. The standard InChI is InChI=1S/C13H17N3O2/c1-9(14)13(18)15-10-7-12(17)16(8-10)11-5-3-2-4-6-11/h2-6,9-10H,7-8,14H2,1H3,(H,15,18)/t9-,10?/m1/s1. The van der Waals surface area contributed by atoms with Crippen molar-refractivity contribution in [3.8, 4) is 0 Å². The summed E-state index contributed by atoms with van der Waals surface area (Å²) < 4.78 is 0. The number of nitrogens with one attached hydrogen (secondary N) is 1. The second-order valence-corrected chi connectivity index (χ2v) is 4.54. The van der Waals surface area contributed by atoms with Crippen LogP contribution >= 0.6 is 0 Å². The Bertz CT molecular complexity index is 445. The molecule has 2 rings (SSSR count). The Morgan fingerprint density at radius 3 is 2.72 bits per heavy atom. The average Bonchev–Trinajstić information content (AvgIpc) is 2.71. The van der Waals surface area contributed by atoms with Crippen LogP contribution in [0.3, 0.4) is 0 Å². The minimum Gasteiger partial charge on any atom is -0.350 e. The van der Waals surface area contributed by atoms with E-state index in [9.17, 15) is 9.59 Å². The highest BCUT2D eigenvalue weighted by Crippen LogP contribution is 2.20. The van der Waals surface area contributed by atoms with Gasteiger partial charge in [-0.3, -0.25) is 9.59 Å². The summed E-state index contributed by atoms with van der Waals surface area (Å²) in [5.74, 6) is -0.195. The molecule has 2 atom stereocenters. The number of carbonyl (C=O) groups excluding carboxylic acids is 2. The molecule has 0 bridgehead atoms. The van der Waals surface area contributed by atoms with Gasteiger partial charge in [0.2, 0.25) is 11.8 Å². The van der Waals surface area contributed by atoms with Gasteiger partial charge < -0.3 is 16.0 Å². The van der Waals surface area contributed by atoms with E-state index in [0.29, 0.717) is 13.0 Å². The van der Waals surface area contributed by atoms with Gasteiger partial charge in [-0.05, 0) is 19.1 Å². The fourth-order valence-electron chi connectivity index (χ4n) is 1.99. The zero-order valence-electron chi connectivity index (χ0n) is 10.3. The molecular weight excluding hydrogens is 230 g/mol. The minimum atomic E-state index is -0.550. The second kappa shape index (κ2) is 5.18. The zero-order valence-corrected chi connectivity index (χ0v) is 10.3. The molecule has 0 radical (unpaired) electrons. The molecule has 1 saturated heterocycles. The molecule has 0 aliphatic carbocycles. The summed E-state index contributed by atoms with van der Waals surface area (Å²) in [5.41, 5.74) is 6.35. The Morgan fingerprint density at radius 1 is 1.44 bits per heavy atom. The van der Waals surface area contributed by atoms with Crippen LogP contribution in [-0.4, -0.2) is 30.4 Å². The molecule has 1 aliphatic rings. The first-order chi connectivity index (χ1) is 8.58. The summed E-state index contributed by atoms with van der Waals surface area (Å²) in [5, 5.41) is 2.78. The lowest BCUT2D eigenvalue weighted by atomic mass is 10.2. The summed E-state index contributed by atoms with van der Waals surface area (Å²) in [4.78, 5) is 25.0. The van der Waals surface area contributed by atoms with Gasteiger partial charge in [-0.15, -0.1) is 0 Å². The number of amides is 2. The van der Waals surface area contributed by atoms with Crippen LogP contribution in [0.25, 0.3) is 0 Å². The van der Waals surface area contributed by atoms with Crippen molar-refractivity contribution in [2.75, 3.05) is 11.4 Å². The third-order valence-corrected chi connectivity index (χ3v) is 2.95. The number of carbonyl (C=O) groups is 2. The Labute approximate surface area is 106 Å². The van der Waals surface area contributed by atoms with Crippen molar-refractivity contribution >= 4 is 17.5 Å². The highest BCUT2D eigenvalue weighted by atomic mass is 16.2. The highest BCUT2D eigenvalue weighted by molar-refractivity contribution is 5.97. The van der Waals surface area contributed by atoms with Gasteiger partial charge in [-0.1, -0.05) is 18.2 Å². The van der Waals surface area contributed by atoms with Gasteiger partial charge in [0.25, 0.3) is 0 Å². The normalized spacial score (nSPS) is 20.9. The molecule has 2 amide bonds. The molecule has 3 N–H and O–H groups in total. The lowest BCUT2D eigenvalue weighted by Crippen LogP contribution is -2.44. The third kappa shape index (κ3) is 2.68. The predicted molar refractivity (Wildman–Crippen MR) is 69.0 cm³/mol. The van der Waals surface area contributed by atoms with Gasteiger partial charge in [0.15, 0.2) is 0 Å². The number of hydrogen-bond acceptors (Lipinski definition) is 3. The van der Waals surface area contributed by atoms with Crippen LogP contribution < -0.4 is 16.0 Å². The first-order valence-electron chi connectivity index (χ1n) is 5.99. The molecule has 0 spiro atoms. The second-order valence-electron chi connectivity index (χ2n) is 4.54. The Hall–Kier alpha value is -1.88. The van der Waals surface area contributed by atoms with Crippen molar-refractivity contribution in [2.45, 2.75) is 25.4 Å². The molecule has 1 unspecified atom stereocenters. The van der Waals surface area contributed by atoms with Crippen LogP contribution in [0.2, 0.25) is 0 Å². The average molecular weight is 247 g/mol. The smallest absolute Gasteiger partial charge is 0.236 e. The van der Waals surface area contributed by atoms with Crippen LogP contribution in [0.1, 0.15) is 13.3 Å². The Kier molecular flexibility index (Phi) is 3.62. The molecular formula is C13H17N3O2. The quantitative estimate of drug-likeness (QED) is 0.804. The fourth-order valence-corrected chi connectivity index (χ4v) is 1.99. The highest BCUT2D eigenvalue weighted by Gasteiger charge is 2.31. The van der Waals surface area contributed by atoms with Gasteiger partial charge in [0, 0.05) is 18.7 Å². The van der Waals surface area contributed by atoms with Gasteiger partial charge >= 0.3 is 0 Å². The van der Waals surface area contributed by atoms with E-state index >= 15 is 0 Å². The Morgan fingerprint density at radius 2 is 2.11 bits per heavy atom. The first kappa shape index (κ1) is 12.6. The van der Waals surface area contributed by atoms with Crippen molar-refractivity contribution in [1.82, 2.24) is 5.32 Å². The lowest BCUT2D eigenvalue weighted by Gasteiger charge is -2.17. The molecule has 1 fully saturated rings. The van der Waals surface area contributed by atoms with E-state index in [1.807, 2.05) is 30.3 Å². The van der Waals surface area contributed by atoms with E-state index in [1.165, 1.54) is 0 Å². The molecule has 1 aromatic carbocycles. The van der Waals surface area contributed by atoms with Crippen molar-refractivity contribution in [3.63, 3.8) is 0 Å². The van der Waals surface area contributed by atoms with E-state index < -0.39 is 6.04 Å². The number of rotatable bonds is 3. The molecule has 1 aliphatic heterocycles. The monoisotopic (exact) mass is 247 g/mol. The molecule has 1 heterocycles. The maximum atomic E-state index is 11.9. The number of nitrogens with two attached hydrogens (primary N) is 1. The number of benzene rings is 1. The van der Waals surface area contributed by atoms with Crippen LogP contribution in [-0.2, 0) is 9.59 Å². The molecule has 5 nitrogen and oxygen atoms in total. The first-order valence-corrected chi connectivity index (χ1v) is 5.99. The van der Waals surface area contributed by atoms with Crippen molar-refractivity contribution < 1.29 is 9.59 Å². The topological polar surface area (TPSA) is 75.4 Å². The molecule has 18 heavy (non-hydrogen) atoms. The number of para-hydroxylation sites is 1. The maximum absolute atomic E-state index is 11.9. The van der Waals surface area contributed by atoms with Crippen LogP contribution in [0.4, 0.5) is 5.69 Å². The summed E-state index contributed by atoms with van der Waals surface area (Å²) >= 11 is 0. The molecule has 0 aromatic heterocycles. The number of hydrogen-bond donors (Lipinski definition) is 2. The third-order valence-electron chi connectivity index (χ3n) is 2.95. The van der Waals surface area contributed by atoms with Crippen molar-refractivity contribution in [2.24, 2.45) is 5.73 Å². The SMILES string of the molecule is C[C@@H](N)C(=O)NC1CC(=O)N(c2ccccc2)C1. The number of nitrogens with zero attached hydrogens (tertiary/aromatic N) is 1. The van der Waals surface area contributed by atoms with E-state index in [4.69, 9.17) is 5.73 Å². The van der Waals surface area contributed by atoms with Gasteiger partial charge in [-0.2, -0.15) is 0 Å². The van der Waals surface area contributed by atoms with Gasteiger partial charge in [0.1, 0.15) is 0 Å². The van der Waals surface area contributed by atoms with Crippen LogP contribution in [0.5, 0.6) is 0 Å². The fraction of sp³-hybridized carbons (Fsp3) is 0.385. The maximum Gasteiger partial charge on any atom is 0.236 e. The van der Waals surface area contributed by atoms with Crippen molar-refractivity contribution in [3.05, 3.63) is 30.3 Å². The minimum absolute atomic E-state index is 0.0242. The van der Waals surface area contributed by atoms with Crippen LogP contribution in [0.15, 0.2) is 30.3 Å². The van der Waals surface area contributed by atoms with E-state index in [0.717, 1.165) is 5.69 Å². The van der Waals surface area contributed by atoms with Gasteiger partial charge in [-0.25, -0.2) is 0 Å². The summed E-state index contributed by atoms with van der Waals surface area (Å²) in [6.07, 6.45) is 0.327. The zero-order chi connectivity index (χ0) is 13.1. The number of anilines is 1. The summed E-state index contributed by atoms with van der Waals surface area (Å²) in [6, 6.07) is 8.73. The summed E-state index contributed by atoms with van der Waals surface area (Å²) in [7, 11) is 0.